The van der Waals surface area contributed by atoms with Crippen LogP contribution < -0.4 is 15.9 Å². The lowest BCUT2D eigenvalue weighted by Gasteiger charge is -2.33. The average molecular weight is 366 g/mol. The van der Waals surface area contributed by atoms with Gasteiger partial charge in [-0.25, -0.2) is 9.78 Å². The van der Waals surface area contributed by atoms with Gasteiger partial charge in [0.2, 0.25) is 5.91 Å². The number of aromatic nitrogens is 4. The number of hydrogen-bond donors (Lipinski definition) is 2. The normalized spacial score (nSPS) is 17.2. The number of imidazole rings is 1. The fourth-order valence-corrected chi connectivity index (χ4v) is 3.60. The van der Waals surface area contributed by atoms with Gasteiger partial charge < -0.3 is 15.2 Å². The van der Waals surface area contributed by atoms with Gasteiger partial charge in [-0.05, 0) is 25.0 Å². The molecule has 0 saturated carbocycles. The highest BCUT2D eigenvalue weighted by Gasteiger charge is 2.22. The van der Waals surface area contributed by atoms with Crippen LogP contribution in [-0.2, 0) is 11.3 Å². The fraction of sp³-hybridized carbons (Fsp3) is 0.368. The number of hydrogen-bond acceptors (Lipinski definition) is 5. The molecule has 27 heavy (non-hydrogen) atoms. The lowest BCUT2D eigenvalue weighted by atomic mass is 10.1. The molecule has 8 heteroatoms. The second-order valence-electron chi connectivity index (χ2n) is 6.77. The zero-order chi connectivity index (χ0) is 18.6. The van der Waals surface area contributed by atoms with Crippen molar-refractivity contribution in [1.29, 1.82) is 0 Å². The van der Waals surface area contributed by atoms with E-state index in [0.717, 1.165) is 42.8 Å². The van der Waals surface area contributed by atoms with Crippen molar-refractivity contribution in [3.8, 4) is 0 Å². The second-order valence-corrected chi connectivity index (χ2v) is 6.77. The lowest BCUT2D eigenvalue weighted by molar-refractivity contribution is -0.122. The Morgan fingerprint density at radius 1 is 1.30 bits per heavy atom. The maximum Gasteiger partial charge on any atom is 0.326 e. The Morgan fingerprint density at radius 3 is 3.04 bits per heavy atom. The standard InChI is InChI=1S/C19H22N6O2/c26-18(7-11-25-16-6-2-1-5-15(16)23-19(25)27)22-14-4-3-10-24(13-14)17-12-20-8-9-21-17/h1-2,5-6,8-9,12,14H,3-4,7,10-11,13H2,(H,22,26)(H,23,27)/t14-/m1/s1. The summed E-state index contributed by atoms with van der Waals surface area (Å²) in [6, 6.07) is 7.57. The molecule has 2 aromatic heterocycles. The number of H-pyrrole nitrogens is 1. The van der Waals surface area contributed by atoms with Crippen molar-refractivity contribution < 1.29 is 4.79 Å². The van der Waals surface area contributed by atoms with Gasteiger partial charge in [-0.3, -0.25) is 14.3 Å². The monoisotopic (exact) mass is 366 g/mol. The summed E-state index contributed by atoms with van der Waals surface area (Å²) in [5, 5.41) is 3.09. The van der Waals surface area contributed by atoms with E-state index in [1.54, 1.807) is 23.2 Å². The third-order valence-corrected chi connectivity index (χ3v) is 4.90. The first-order valence-corrected chi connectivity index (χ1v) is 9.18. The molecular weight excluding hydrogens is 344 g/mol. The summed E-state index contributed by atoms with van der Waals surface area (Å²) >= 11 is 0. The minimum atomic E-state index is -0.185. The van der Waals surface area contributed by atoms with E-state index in [9.17, 15) is 9.59 Å². The molecule has 1 aliphatic rings. The van der Waals surface area contributed by atoms with Crippen LogP contribution in [0.4, 0.5) is 5.82 Å². The summed E-state index contributed by atoms with van der Waals surface area (Å²) in [5.41, 5.74) is 1.42. The first kappa shape index (κ1) is 17.3. The molecule has 1 amide bonds. The molecule has 1 atom stereocenters. The maximum absolute atomic E-state index is 12.4. The molecule has 140 valence electrons. The third-order valence-electron chi connectivity index (χ3n) is 4.90. The van der Waals surface area contributed by atoms with E-state index in [-0.39, 0.29) is 24.1 Å². The van der Waals surface area contributed by atoms with Gasteiger partial charge in [-0.15, -0.1) is 0 Å². The summed E-state index contributed by atoms with van der Waals surface area (Å²) < 4.78 is 1.61. The molecule has 0 bridgehead atoms. The molecule has 1 saturated heterocycles. The third kappa shape index (κ3) is 3.84. The molecule has 0 spiro atoms. The van der Waals surface area contributed by atoms with Crippen molar-refractivity contribution in [1.82, 2.24) is 24.8 Å². The van der Waals surface area contributed by atoms with Crippen LogP contribution in [0.2, 0.25) is 0 Å². The van der Waals surface area contributed by atoms with Crippen LogP contribution in [0.15, 0.2) is 47.7 Å². The van der Waals surface area contributed by atoms with Crippen molar-refractivity contribution in [2.75, 3.05) is 18.0 Å². The lowest BCUT2D eigenvalue weighted by Crippen LogP contribution is -2.48. The number of rotatable bonds is 5. The van der Waals surface area contributed by atoms with Gasteiger partial charge in [0, 0.05) is 44.5 Å². The van der Waals surface area contributed by atoms with Crippen LogP contribution in [0.25, 0.3) is 11.0 Å². The van der Waals surface area contributed by atoms with E-state index in [1.165, 1.54) is 0 Å². The van der Waals surface area contributed by atoms with Gasteiger partial charge in [0.15, 0.2) is 0 Å². The smallest absolute Gasteiger partial charge is 0.326 e. The van der Waals surface area contributed by atoms with Crippen LogP contribution in [0.3, 0.4) is 0 Å². The van der Waals surface area contributed by atoms with E-state index in [0.29, 0.717) is 6.54 Å². The molecule has 0 unspecified atom stereocenters. The minimum absolute atomic E-state index is 0.0434. The molecule has 0 aliphatic carbocycles. The number of aromatic amines is 1. The fourth-order valence-electron chi connectivity index (χ4n) is 3.60. The van der Waals surface area contributed by atoms with Crippen LogP contribution >= 0.6 is 0 Å². The second kappa shape index (κ2) is 7.61. The van der Waals surface area contributed by atoms with Gasteiger partial charge >= 0.3 is 5.69 Å². The van der Waals surface area contributed by atoms with Gasteiger partial charge in [-0.2, -0.15) is 0 Å². The van der Waals surface area contributed by atoms with Gasteiger partial charge in [-0.1, -0.05) is 12.1 Å². The van der Waals surface area contributed by atoms with Crippen LogP contribution in [0, 0.1) is 0 Å². The first-order chi connectivity index (χ1) is 13.2. The molecule has 4 rings (SSSR count). The van der Waals surface area contributed by atoms with E-state index in [4.69, 9.17) is 0 Å². The van der Waals surface area contributed by atoms with Gasteiger partial charge in [0.25, 0.3) is 0 Å². The van der Waals surface area contributed by atoms with Crippen molar-refractivity contribution >= 4 is 22.8 Å². The zero-order valence-corrected chi connectivity index (χ0v) is 15.0. The molecule has 1 aromatic carbocycles. The Balaban J connectivity index is 1.35. The first-order valence-electron chi connectivity index (χ1n) is 9.18. The molecule has 3 aromatic rings. The van der Waals surface area contributed by atoms with Crippen molar-refractivity contribution in [2.24, 2.45) is 0 Å². The number of benzene rings is 1. The number of para-hydroxylation sites is 2. The molecular formula is C19H22N6O2. The molecule has 1 aliphatic heterocycles. The molecule has 3 heterocycles. The number of anilines is 1. The number of carbonyl (C=O) groups is 1. The summed E-state index contributed by atoms with van der Waals surface area (Å²) in [7, 11) is 0. The summed E-state index contributed by atoms with van der Waals surface area (Å²) in [6.45, 7) is 1.99. The number of piperidine rings is 1. The Morgan fingerprint density at radius 2 is 2.19 bits per heavy atom. The number of fused-ring (bicyclic) bond motifs is 1. The Bertz CT molecular complexity index is 981. The number of nitrogens with one attached hydrogen (secondary N) is 2. The Labute approximate surface area is 156 Å². The Kier molecular flexibility index (Phi) is 4.86. The van der Waals surface area contributed by atoms with Crippen LogP contribution in [0.1, 0.15) is 19.3 Å². The average Bonchev–Trinajstić information content (AvgIpc) is 3.02. The molecule has 0 radical (unpaired) electrons. The van der Waals surface area contributed by atoms with Crippen molar-refractivity contribution in [3.05, 3.63) is 53.3 Å². The predicted octanol–water partition coefficient (Wildman–Crippen LogP) is 1.29. The molecule has 1 fully saturated rings. The number of carbonyl (C=O) groups excluding carboxylic acids is 1. The quantitative estimate of drug-likeness (QED) is 0.709. The number of aryl methyl sites for hydroxylation is 1. The van der Waals surface area contributed by atoms with E-state index >= 15 is 0 Å². The highest BCUT2D eigenvalue weighted by atomic mass is 16.2. The van der Waals surface area contributed by atoms with E-state index in [1.807, 2.05) is 24.3 Å². The number of amides is 1. The topological polar surface area (TPSA) is 95.9 Å². The summed E-state index contributed by atoms with van der Waals surface area (Å²) in [4.78, 5) is 37.9. The van der Waals surface area contributed by atoms with Crippen molar-refractivity contribution in [2.45, 2.75) is 31.8 Å². The maximum atomic E-state index is 12.4. The van der Waals surface area contributed by atoms with Crippen LogP contribution in [-0.4, -0.2) is 44.6 Å². The number of nitrogens with zero attached hydrogens (tertiary/aromatic N) is 4. The molecule has 8 nitrogen and oxygen atoms in total. The predicted molar refractivity (Wildman–Crippen MR) is 103 cm³/mol. The summed E-state index contributed by atoms with van der Waals surface area (Å²) in [6.07, 6.45) is 7.27. The van der Waals surface area contributed by atoms with Gasteiger partial charge in [0.05, 0.1) is 17.2 Å². The Hall–Kier alpha value is -3.16. The summed E-state index contributed by atoms with van der Waals surface area (Å²) in [5.74, 6) is 0.792. The van der Waals surface area contributed by atoms with Crippen LogP contribution in [0.5, 0.6) is 0 Å². The van der Waals surface area contributed by atoms with E-state index < -0.39 is 0 Å². The molecule has 2 N–H and O–H groups in total. The highest BCUT2D eigenvalue weighted by molar-refractivity contribution is 5.77. The zero-order valence-electron chi connectivity index (χ0n) is 15.0. The van der Waals surface area contributed by atoms with E-state index in [2.05, 4.69) is 25.2 Å². The van der Waals surface area contributed by atoms with Gasteiger partial charge in [0.1, 0.15) is 5.82 Å². The van der Waals surface area contributed by atoms with Crippen molar-refractivity contribution in [3.63, 3.8) is 0 Å². The SMILES string of the molecule is O=C(CCn1c(=O)[nH]c2ccccc21)N[C@@H]1CCCN(c2cnccn2)C1. The largest absolute Gasteiger partial charge is 0.353 e. The highest BCUT2D eigenvalue weighted by Crippen LogP contribution is 2.16. The minimum Gasteiger partial charge on any atom is -0.353 e.